The summed E-state index contributed by atoms with van der Waals surface area (Å²) in [6.07, 6.45) is 3.08. The average Bonchev–Trinajstić information content (AvgIpc) is 3.09. The molecule has 0 bridgehead atoms. The Morgan fingerprint density at radius 1 is 1.41 bits per heavy atom. The van der Waals surface area contributed by atoms with Crippen molar-refractivity contribution in [1.29, 1.82) is 0 Å². The Balaban J connectivity index is 1.64. The SMILES string of the molecule is COc1ccc(NC(=O)CN(C)S(=O)(=O)C2CC(C)CC3CNNC32)nc1. The van der Waals surface area contributed by atoms with Gasteiger partial charge in [-0.3, -0.25) is 15.6 Å². The zero-order valence-electron chi connectivity index (χ0n) is 15.8. The first kappa shape index (κ1) is 20.0. The lowest BCUT2D eigenvalue weighted by Gasteiger charge is -2.37. The number of fused-ring (bicyclic) bond motifs is 1. The standard InChI is InChI=1S/C17H27N5O4S/c1-11-6-12-8-19-21-17(12)14(7-11)27(24,25)22(2)10-16(23)20-15-5-4-13(26-3)9-18-15/h4-5,9,11-12,14,17,19,21H,6-8,10H2,1-3H3,(H,18,20,23). The molecule has 9 nitrogen and oxygen atoms in total. The number of hydrogen-bond acceptors (Lipinski definition) is 7. The Morgan fingerprint density at radius 2 is 2.19 bits per heavy atom. The van der Waals surface area contributed by atoms with Gasteiger partial charge in [-0.15, -0.1) is 0 Å². The number of hydrogen-bond donors (Lipinski definition) is 3. The number of anilines is 1. The topological polar surface area (TPSA) is 113 Å². The fraction of sp³-hybridized carbons (Fsp3) is 0.647. The highest BCUT2D eigenvalue weighted by Gasteiger charge is 2.46. The van der Waals surface area contributed by atoms with Crippen LogP contribution in [-0.4, -0.2) is 62.2 Å². The number of carbonyl (C=O) groups excluding carboxylic acids is 1. The molecule has 1 aromatic heterocycles. The number of likely N-dealkylation sites (N-methyl/N-ethyl adjacent to an activating group) is 1. The molecule has 4 unspecified atom stereocenters. The van der Waals surface area contributed by atoms with Crippen molar-refractivity contribution >= 4 is 21.7 Å². The summed E-state index contributed by atoms with van der Waals surface area (Å²) < 4.78 is 32.3. The quantitative estimate of drug-likeness (QED) is 0.628. The van der Waals surface area contributed by atoms with Crippen LogP contribution >= 0.6 is 0 Å². The lowest BCUT2D eigenvalue weighted by atomic mass is 9.79. The molecular formula is C17H27N5O4S. The summed E-state index contributed by atoms with van der Waals surface area (Å²) in [6.45, 7) is 2.60. The molecule has 0 spiro atoms. The molecule has 1 amide bonds. The van der Waals surface area contributed by atoms with Crippen molar-refractivity contribution in [2.24, 2.45) is 11.8 Å². The Kier molecular flexibility index (Phi) is 5.99. The number of nitrogens with one attached hydrogen (secondary N) is 3. The Bertz CT molecular complexity index is 770. The molecule has 27 heavy (non-hydrogen) atoms. The third kappa shape index (κ3) is 4.40. The summed E-state index contributed by atoms with van der Waals surface area (Å²) in [5.41, 5.74) is 6.19. The van der Waals surface area contributed by atoms with Gasteiger partial charge in [-0.05, 0) is 36.8 Å². The Morgan fingerprint density at radius 3 is 2.85 bits per heavy atom. The van der Waals surface area contributed by atoms with Crippen LogP contribution in [0.4, 0.5) is 5.82 Å². The predicted molar refractivity (Wildman–Crippen MR) is 102 cm³/mol. The summed E-state index contributed by atoms with van der Waals surface area (Å²) in [5, 5.41) is 2.07. The predicted octanol–water partition coefficient (Wildman–Crippen LogP) is 0.181. The highest BCUT2D eigenvalue weighted by Crippen LogP contribution is 2.35. The fourth-order valence-corrected chi connectivity index (χ4v) is 5.91. The first-order chi connectivity index (χ1) is 12.8. The van der Waals surface area contributed by atoms with E-state index in [-0.39, 0.29) is 12.6 Å². The summed E-state index contributed by atoms with van der Waals surface area (Å²) in [5.74, 6) is 1.11. The second-order valence-corrected chi connectivity index (χ2v) is 9.62. The van der Waals surface area contributed by atoms with E-state index in [0.29, 0.717) is 29.8 Å². The van der Waals surface area contributed by atoms with E-state index in [1.54, 1.807) is 12.1 Å². The Labute approximate surface area is 159 Å². The number of amides is 1. The normalized spacial score (nSPS) is 28.0. The van der Waals surface area contributed by atoms with E-state index in [0.717, 1.165) is 17.3 Å². The molecule has 3 N–H and O–H groups in total. The van der Waals surface area contributed by atoms with E-state index in [1.807, 2.05) is 0 Å². The zero-order chi connectivity index (χ0) is 19.6. The molecular weight excluding hydrogens is 370 g/mol. The highest BCUT2D eigenvalue weighted by molar-refractivity contribution is 7.89. The first-order valence-corrected chi connectivity index (χ1v) is 10.5. The summed E-state index contributed by atoms with van der Waals surface area (Å²) in [4.78, 5) is 16.3. The van der Waals surface area contributed by atoms with Gasteiger partial charge in [0.15, 0.2) is 0 Å². The zero-order valence-corrected chi connectivity index (χ0v) is 16.6. The molecule has 0 aromatic carbocycles. The van der Waals surface area contributed by atoms with Gasteiger partial charge in [-0.1, -0.05) is 6.92 Å². The maximum atomic E-state index is 13.1. The third-order valence-corrected chi connectivity index (χ3v) is 7.55. The number of hydrazine groups is 1. The molecule has 10 heteroatoms. The Hall–Kier alpha value is -1.75. The van der Waals surface area contributed by atoms with E-state index in [9.17, 15) is 13.2 Å². The van der Waals surface area contributed by atoms with Crippen LogP contribution in [0, 0.1) is 11.8 Å². The maximum Gasteiger partial charge on any atom is 0.240 e. The van der Waals surface area contributed by atoms with Gasteiger partial charge in [0.1, 0.15) is 11.6 Å². The number of rotatable bonds is 6. The minimum absolute atomic E-state index is 0.125. The van der Waals surface area contributed by atoms with Crippen LogP contribution in [-0.2, 0) is 14.8 Å². The van der Waals surface area contributed by atoms with Crippen molar-refractivity contribution in [3.8, 4) is 5.75 Å². The molecule has 4 atom stereocenters. The lowest BCUT2D eigenvalue weighted by molar-refractivity contribution is -0.116. The van der Waals surface area contributed by atoms with Gasteiger partial charge in [0.05, 0.1) is 25.1 Å². The summed E-state index contributed by atoms with van der Waals surface area (Å²) in [6, 6.07) is 3.15. The first-order valence-electron chi connectivity index (χ1n) is 9.04. The lowest BCUT2D eigenvalue weighted by Crippen LogP contribution is -2.53. The highest BCUT2D eigenvalue weighted by atomic mass is 32.2. The van der Waals surface area contributed by atoms with Crippen molar-refractivity contribution in [2.45, 2.75) is 31.1 Å². The summed E-state index contributed by atoms with van der Waals surface area (Å²) in [7, 11) is -0.638. The maximum absolute atomic E-state index is 13.1. The molecule has 2 heterocycles. The number of carbonyl (C=O) groups is 1. The molecule has 1 aromatic rings. The number of sulfonamides is 1. The number of nitrogens with zero attached hydrogens (tertiary/aromatic N) is 2. The molecule has 2 aliphatic rings. The van der Waals surface area contributed by atoms with E-state index in [4.69, 9.17) is 4.74 Å². The summed E-state index contributed by atoms with van der Waals surface area (Å²) >= 11 is 0. The van der Waals surface area contributed by atoms with Gasteiger partial charge < -0.3 is 10.1 Å². The van der Waals surface area contributed by atoms with Crippen LogP contribution in [0.3, 0.4) is 0 Å². The molecule has 1 saturated carbocycles. The van der Waals surface area contributed by atoms with Crippen LogP contribution in [0.2, 0.25) is 0 Å². The second-order valence-electron chi connectivity index (χ2n) is 7.36. The van der Waals surface area contributed by atoms with Gasteiger partial charge >= 0.3 is 0 Å². The van der Waals surface area contributed by atoms with Gasteiger partial charge in [0.25, 0.3) is 0 Å². The van der Waals surface area contributed by atoms with Gasteiger partial charge in [-0.2, -0.15) is 4.31 Å². The van der Waals surface area contributed by atoms with Gasteiger partial charge in [-0.25, -0.2) is 13.4 Å². The molecule has 1 saturated heterocycles. The third-order valence-electron chi connectivity index (χ3n) is 5.30. The van der Waals surface area contributed by atoms with E-state index in [2.05, 4.69) is 28.1 Å². The number of aromatic nitrogens is 1. The van der Waals surface area contributed by atoms with E-state index in [1.165, 1.54) is 20.4 Å². The van der Waals surface area contributed by atoms with E-state index >= 15 is 0 Å². The average molecular weight is 398 g/mol. The molecule has 1 aliphatic heterocycles. The van der Waals surface area contributed by atoms with Crippen molar-refractivity contribution in [1.82, 2.24) is 20.1 Å². The molecule has 0 radical (unpaired) electrons. The van der Waals surface area contributed by atoms with Crippen molar-refractivity contribution in [2.75, 3.05) is 32.6 Å². The number of pyridine rings is 1. The van der Waals surface area contributed by atoms with Crippen LogP contribution in [0.1, 0.15) is 19.8 Å². The molecule has 1 aliphatic carbocycles. The van der Waals surface area contributed by atoms with Crippen LogP contribution in [0.15, 0.2) is 18.3 Å². The molecule has 2 fully saturated rings. The smallest absolute Gasteiger partial charge is 0.240 e. The van der Waals surface area contributed by atoms with Gasteiger partial charge in [0, 0.05) is 19.6 Å². The van der Waals surface area contributed by atoms with Crippen LogP contribution in [0.25, 0.3) is 0 Å². The van der Waals surface area contributed by atoms with Crippen molar-refractivity contribution < 1.29 is 17.9 Å². The number of methoxy groups -OCH3 is 1. The van der Waals surface area contributed by atoms with Crippen LogP contribution < -0.4 is 20.9 Å². The minimum Gasteiger partial charge on any atom is -0.495 e. The van der Waals surface area contributed by atoms with E-state index < -0.39 is 21.2 Å². The minimum atomic E-state index is -3.62. The fourth-order valence-electron chi connectivity index (χ4n) is 3.92. The largest absolute Gasteiger partial charge is 0.495 e. The van der Waals surface area contributed by atoms with Gasteiger partial charge in [0.2, 0.25) is 15.9 Å². The monoisotopic (exact) mass is 397 g/mol. The van der Waals surface area contributed by atoms with Crippen LogP contribution in [0.5, 0.6) is 5.75 Å². The molecule has 150 valence electrons. The molecule has 3 rings (SSSR count). The van der Waals surface area contributed by atoms with Crippen molar-refractivity contribution in [3.05, 3.63) is 18.3 Å². The second kappa shape index (κ2) is 8.09. The van der Waals surface area contributed by atoms with Crippen molar-refractivity contribution in [3.63, 3.8) is 0 Å². The number of ether oxygens (including phenoxy) is 1.